The minimum atomic E-state index is -3.31. The number of hydrogen-bond acceptors (Lipinski definition) is 6. The number of sulfonamides is 1. The van der Waals surface area contributed by atoms with Crippen LogP contribution in [0.1, 0.15) is 5.56 Å². The van der Waals surface area contributed by atoms with Gasteiger partial charge in [-0.05, 0) is 6.07 Å². The average molecular weight is 316 g/mol. The summed E-state index contributed by atoms with van der Waals surface area (Å²) in [5.74, 6) is 0.189. The first-order valence-corrected chi connectivity index (χ1v) is 8.50. The summed E-state index contributed by atoms with van der Waals surface area (Å²) in [4.78, 5) is 0. The van der Waals surface area contributed by atoms with Gasteiger partial charge in [-0.3, -0.25) is 0 Å². The highest BCUT2D eigenvalue weighted by molar-refractivity contribution is 7.88. The molecule has 0 aromatic heterocycles. The molecular weight excluding hydrogens is 296 g/mol. The Hall–Kier alpha value is -1.19. The van der Waals surface area contributed by atoms with E-state index in [1.807, 2.05) is 6.07 Å². The predicted octanol–water partition coefficient (Wildman–Crippen LogP) is -0.841. The number of aliphatic hydroxyl groups is 1. The molecule has 1 heterocycles. The predicted molar refractivity (Wildman–Crippen MR) is 77.3 cm³/mol. The van der Waals surface area contributed by atoms with Crippen molar-refractivity contribution in [2.24, 2.45) is 0 Å². The maximum absolute atomic E-state index is 11.0. The molecule has 0 bridgehead atoms. The van der Waals surface area contributed by atoms with Crippen molar-refractivity contribution in [1.82, 2.24) is 10.0 Å². The summed E-state index contributed by atoms with van der Waals surface area (Å²) in [5, 5.41) is 22.9. The fourth-order valence-electron chi connectivity index (χ4n) is 2.18. The van der Waals surface area contributed by atoms with Crippen LogP contribution in [0.5, 0.6) is 5.75 Å². The van der Waals surface area contributed by atoms with Crippen LogP contribution < -0.4 is 10.0 Å². The van der Waals surface area contributed by atoms with Crippen molar-refractivity contribution in [1.29, 1.82) is 0 Å². The van der Waals surface area contributed by atoms with Gasteiger partial charge in [-0.1, -0.05) is 18.2 Å². The fraction of sp³-hybridized carbons (Fsp3) is 0.538. The lowest BCUT2D eigenvalue weighted by atomic mass is 10.1. The summed E-state index contributed by atoms with van der Waals surface area (Å²) in [6, 6.07) is 6.62. The van der Waals surface area contributed by atoms with E-state index in [-0.39, 0.29) is 24.9 Å². The largest absolute Gasteiger partial charge is 0.508 e. The van der Waals surface area contributed by atoms with Gasteiger partial charge >= 0.3 is 0 Å². The Kier molecular flexibility index (Phi) is 5.17. The Morgan fingerprint density at radius 2 is 2.10 bits per heavy atom. The Labute approximate surface area is 124 Å². The van der Waals surface area contributed by atoms with Gasteiger partial charge in [0.25, 0.3) is 0 Å². The molecule has 1 aliphatic rings. The molecule has 4 N–H and O–H groups in total. The lowest BCUT2D eigenvalue weighted by Gasteiger charge is -2.18. The van der Waals surface area contributed by atoms with Gasteiger partial charge in [0.2, 0.25) is 10.0 Å². The van der Waals surface area contributed by atoms with Crippen molar-refractivity contribution in [3.63, 3.8) is 0 Å². The third-order valence-corrected chi connectivity index (χ3v) is 4.07. The number of phenolic OH excluding ortho intramolecular Hbond substituents is 1. The van der Waals surface area contributed by atoms with E-state index in [9.17, 15) is 18.6 Å². The number of ether oxygens (including phenoxy) is 1. The summed E-state index contributed by atoms with van der Waals surface area (Å²) in [7, 11) is -3.31. The molecule has 118 valence electrons. The molecule has 0 unspecified atom stereocenters. The molecule has 7 nitrogen and oxygen atoms in total. The van der Waals surface area contributed by atoms with Crippen molar-refractivity contribution >= 4 is 10.0 Å². The number of rotatable bonds is 6. The Balaban J connectivity index is 1.84. The molecule has 0 aliphatic carbocycles. The highest BCUT2D eigenvalue weighted by Gasteiger charge is 2.35. The Morgan fingerprint density at radius 1 is 1.38 bits per heavy atom. The number of nitrogens with one attached hydrogen (secondary N) is 2. The van der Waals surface area contributed by atoms with Gasteiger partial charge in [0, 0.05) is 18.7 Å². The normalized spacial score (nSPS) is 26.1. The van der Waals surface area contributed by atoms with E-state index in [2.05, 4.69) is 10.0 Å². The van der Waals surface area contributed by atoms with Gasteiger partial charge < -0.3 is 20.3 Å². The van der Waals surface area contributed by atoms with Gasteiger partial charge in [-0.2, -0.15) is 0 Å². The van der Waals surface area contributed by atoms with Crippen molar-refractivity contribution in [3.8, 4) is 5.75 Å². The zero-order valence-electron chi connectivity index (χ0n) is 11.7. The van der Waals surface area contributed by atoms with Gasteiger partial charge in [0.15, 0.2) is 0 Å². The molecule has 1 aliphatic heterocycles. The summed E-state index contributed by atoms with van der Waals surface area (Å²) in [5.41, 5.74) is 0.724. The number of aliphatic hydroxyl groups excluding tert-OH is 1. The Morgan fingerprint density at radius 3 is 2.76 bits per heavy atom. The summed E-state index contributed by atoms with van der Waals surface area (Å²) >= 11 is 0. The van der Waals surface area contributed by atoms with E-state index in [0.717, 1.165) is 11.8 Å². The minimum absolute atomic E-state index is 0.0365. The molecule has 1 saturated heterocycles. The molecule has 2 rings (SSSR count). The van der Waals surface area contributed by atoms with Crippen molar-refractivity contribution in [3.05, 3.63) is 29.8 Å². The lowest BCUT2D eigenvalue weighted by Crippen LogP contribution is -2.44. The first-order chi connectivity index (χ1) is 9.87. The molecular formula is C13H20N2O5S. The molecule has 1 aromatic rings. The molecule has 21 heavy (non-hydrogen) atoms. The smallest absolute Gasteiger partial charge is 0.208 e. The van der Waals surface area contributed by atoms with Crippen LogP contribution in [-0.2, 0) is 21.3 Å². The second-order valence-corrected chi connectivity index (χ2v) is 6.93. The van der Waals surface area contributed by atoms with E-state index in [0.29, 0.717) is 6.54 Å². The quantitative estimate of drug-likeness (QED) is 0.545. The van der Waals surface area contributed by atoms with Crippen LogP contribution in [0.3, 0.4) is 0 Å². The zero-order chi connectivity index (χ0) is 15.5. The third-order valence-electron chi connectivity index (χ3n) is 3.38. The molecule has 0 amide bonds. The van der Waals surface area contributed by atoms with Crippen LogP contribution in [0.15, 0.2) is 24.3 Å². The zero-order valence-corrected chi connectivity index (χ0v) is 12.5. The average Bonchev–Trinajstić information content (AvgIpc) is 2.76. The van der Waals surface area contributed by atoms with Gasteiger partial charge in [0.05, 0.1) is 31.1 Å². The molecule has 3 atom stereocenters. The number of benzene rings is 1. The number of phenols is 1. The maximum Gasteiger partial charge on any atom is 0.208 e. The van der Waals surface area contributed by atoms with Crippen LogP contribution >= 0.6 is 0 Å². The molecule has 0 radical (unpaired) electrons. The standard InChI is InChI=1S/C13H20N2O5S/c1-21(18,19)15-7-12-13(17)10(8-20-12)14-6-9-4-2-3-5-11(9)16/h2-5,10,12-17H,6-8H2,1H3/t10-,12-,13+/m1/s1. The van der Waals surface area contributed by atoms with Gasteiger partial charge in [-0.15, -0.1) is 0 Å². The highest BCUT2D eigenvalue weighted by Crippen LogP contribution is 2.18. The fourth-order valence-corrected chi connectivity index (χ4v) is 2.64. The van der Waals surface area contributed by atoms with E-state index >= 15 is 0 Å². The van der Waals surface area contributed by atoms with Crippen LogP contribution in [-0.4, -0.2) is 56.3 Å². The second kappa shape index (κ2) is 6.71. The van der Waals surface area contributed by atoms with Gasteiger partial charge in [0.1, 0.15) is 5.75 Å². The van der Waals surface area contributed by atoms with Crippen molar-refractivity contribution in [2.75, 3.05) is 19.4 Å². The SMILES string of the molecule is CS(=O)(=O)NC[C@H]1OC[C@@H](NCc2ccccc2O)[C@@H]1O. The monoisotopic (exact) mass is 316 g/mol. The van der Waals surface area contributed by atoms with E-state index in [4.69, 9.17) is 4.74 Å². The summed E-state index contributed by atoms with van der Waals surface area (Å²) < 4.78 is 29.8. The first kappa shape index (κ1) is 16.2. The van der Waals surface area contributed by atoms with Crippen LogP contribution in [0.25, 0.3) is 0 Å². The number of aromatic hydroxyl groups is 1. The second-order valence-electron chi connectivity index (χ2n) is 5.10. The molecule has 0 saturated carbocycles. The first-order valence-electron chi connectivity index (χ1n) is 6.61. The van der Waals surface area contributed by atoms with Gasteiger partial charge in [-0.25, -0.2) is 13.1 Å². The van der Waals surface area contributed by atoms with Crippen molar-refractivity contribution < 1.29 is 23.4 Å². The topological polar surface area (TPSA) is 108 Å². The summed E-state index contributed by atoms with van der Waals surface area (Å²) in [6.45, 7) is 0.712. The van der Waals surface area contributed by atoms with Crippen LogP contribution in [0.2, 0.25) is 0 Å². The number of para-hydroxylation sites is 1. The maximum atomic E-state index is 11.0. The molecule has 1 fully saturated rings. The van der Waals surface area contributed by atoms with E-state index in [1.54, 1.807) is 18.2 Å². The lowest BCUT2D eigenvalue weighted by molar-refractivity contribution is 0.0444. The van der Waals surface area contributed by atoms with Crippen LogP contribution in [0.4, 0.5) is 0 Å². The molecule has 0 spiro atoms. The number of hydrogen-bond donors (Lipinski definition) is 4. The van der Waals surface area contributed by atoms with Crippen LogP contribution in [0, 0.1) is 0 Å². The Bertz CT molecular complexity index is 578. The van der Waals surface area contributed by atoms with E-state index in [1.165, 1.54) is 0 Å². The van der Waals surface area contributed by atoms with E-state index < -0.39 is 22.2 Å². The highest BCUT2D eigenvalue weighted by atomic mass is 32.2. The van der Waals surface area contributed by atoms with Crippen molar-refractivity contribution in [2.45, 2.75) is 24.8 Å². The molecule has 1 aromatic carbocycles. The minimum Gasteiger partial charge on any atom is -0.508 e. The summed E-state index contributed by atoms with van der Waals surface area (Å²) in [6.07, 6.45) is -0.339. The molecule has 8 heteroatoms. The third kappa shape index (κ3) is 4.65.